The molecule has 0 aliphatic carbocycles. The number of nitrogens with zero attached hydrogens (tertiary/aromatic N) is 1. The maximum absolute atomic E-state index is 9.11. The molecule has 0 unspecified atom stereocenters. The second-order valence-corrected chi connectivity index (χ2v) is 8.76. The minimum absolute atomic E-state index is 0.211. The van der Waals surface area contributed by atoms with E-state index >= 15 is 0 Å². The molecule has 0 bridgehead atoms. The van der Waals surface area contributed by atoms with Gasteiger partial charge in [-0.1, -0.05) is 0 Å². The molecule has 6 nitrogen and oxygen atoms in total. The van der Waals surface area contributed by atoms with Gasteiger partial charge in [0.1, 0.15) is 0 Å². The van der Waals surface area contributed by atoms with Gasteiger partial charge in [0.25, 0.3) is 0 Å². The van der Waals surface area contributed by atoms with Crippen molar-refractivity contribution in [2.24, 2.45) is 0 Å². The first kappa shape index (κ1) is 23.0. The van der Waals surface area contributed by atoms with Gasteiger partial charge in [0, 0.05) is 58.3 Å². The van der Waals surface area contributed by atoms with Crippen molar-refractivity contribution in [3.8, 4) is 0 Å². The molecule has 0 fully saturated rings. The van der Waals surface area contributed by atoms with Crippen LogP contribution in [0.4, 0.5) is 0 Å². The van der Waals surface area contributed by atoms with Crippen LogP contribution in [-0.4, -0.2) is 83.2 Å². The van der Waals surface area contributed by atoms with Crippen LogP contribution < -0.4 is 0 Å². The van der Waals surface area contributed by atoms with Crippen molar-refractivity contribution >= 4 is 8.80 Å². The van der Waals surface area contributed by atoms with Crippen LogP contribution in [0.5, 0.6) is 0 Å². The van der Waals surface area contributed by atoms with E-state index in [-0.39, 0.29) is 13.2 Å². The fourth-order valence-corrected chi connectivity index (χ4v) is 5.51. The number of aliphatic hydroxyl groups excluding tert-OH is 2. The Kier molecular flexibility index (Phi) is 13.3. The summed E-state index contributed by atoms with van der Waals surface area (Å²) in [6.45, 7) is 11.0. The highest BCUT2D eigenvalue weighted by molar-refractivity contribution is 6.60. The van der Waals surface area contributed by atoms with E-state index < -0.39 is 8.80 Å². The Balaban J connectivity index is 4.64. The fraction of sp³-hybridized carbons (Fsp3) is 1.00. The summed E-state index contributed by atoms with van der Waals surface area (Å²) in [4.78, 5) is 0. The summed E-state index contributed by atoms with van der Waals surface area (Å²) in [6.07, 6.45) is 2.53. The summed E-state index contributed by atoms with van der Waals surface area (Å²) >= 11 is 0. The number of hydrogen-bond donors (Lipinski definition) is 2. The molecule has 0 aliphatic rings. The molecule has 0 aromatic heterocycles. The Hall–Kier alpha value is -0.0231. The second-order valence-electron chi connectivity index (χ2n) is 6.03. The van der Waals surface area contributed by atoms with E-state index in [9.17, 15) is 0 Å². The lowest BCUT2D eigenvalue weighted by Gasteiger charge is -2.36. The van der Waals surface area contributed by atoms with Gasteiger partial charge in [-0.2, -0.15) is 0 Å². The Morgan fingerprint density at radius 1 is 0.739 bits per heavy atom. The summed E-state index contributed by atoms with van der Waals surface area (Å²) < 4.78 is 18.5. The third-order valence-electron chi connectivity index (χ3n) is 3.99. The molecule has 0 heterocycles. The van der Waals surface area contributed by atoms with E-state index in [1.807, 2.05) is 20.8 Å². The second kappa shape index (κ2) is 13.3. The number of aliphatic hydroxyl groups is 2. The van der Waals surface area contributed by atoms with Crippen LogP contribution in [0.1, 0.15) is 40.0 Å². The monoisotopic (exact) mass is 352 g/mol. The van der Waals surface area contributed by atoms with Gasteiger partial charge in [0.05, 0.1) is 26.7 Å². The summed E-state index contributed by atoms with van der Waals surface area (Å²) in [7, 11) is -0.376. The van der Waals surface area contributed by atoms with Crippen LogP contribution in [0, 0.1) is 0 Å². The molecule has 0 aromatic carbocycles. The van der Waals surface area contributed by atoms with Gasteiger partial charge in [-0.15, -0.1) is 0 Å². The highest BCUT2D eigenvalue weighted by atomic mass is 28.4. The van der Waals surface area contributed by atoms with E-state index in [4.69, 9.17) is 23.5 Å². The summed E-state index contributed by atoms with van der Waals surface area (Å²) in [5.74, 6) is 0. The lowest BCUT2D eigenvalue weighted by atomic mass is 10.2. The van der Waals surface area contributed by atoms with Crippen molar-refractivity contribution in [1.82, 2.24) is 0 Å². The van der Waals surface area contributed by atoms with Gasteiger partial charge in [0.2, 0.25) is 0 Å². The third kappa shape index (κ3) is 9.76. The van der Waals surface area contributed by atoms with E-state index in [2.05, 4.69) is 7.05 Å². The molecule has 2 N–H and O–H groups in total. The van der Waals surface area contributed by atoms with E-state index in [1.54, 1.807) is 0 Å². The Morgan fingerprint density at radius 3 is 1.48 bits per heavy atom. The molecule has 0 saturated heterocycles. The summed E-state index contributed by atoms with van der Waals surface area (Å²) in [5.41, 5.74) is 0. The molecule has 0 rings (SSSR count). The zero-order valence-electron chi connectivity index (χ0n) is 15.6. The highest BCUT2D eigenvalue weighted by Gasteiger charge is 2.40. The average molecular weight is 353 g/mol. The lowest BCUT2D eigenvalue weighted by molar-refractivity contribution is -0.910. The van der Waals surface area contributed by atoms with Crippen LogP contribution in [0.3, 0.4) is 0 Å². The zero-order chi connectivity index (χ0) is 17.6. The topological polar surface area (TPSA) is 68.2 Å². The van der Waals surface area contributed by atoms with Crippen molar-refractivity contribution in [3.05, 3.63) is 0 Å². The van der Waals surface area contributed by atoms with Crippen molar-refractivity contribution < 1.29 is 28.0 Å². The smallest absolute Gasteiger partial charge is 0.396 e. The van der Waals surface area contributed by atoms with Crippen LogP contribution in [0.2, 0.25) is 6.04 Å². The molecule has 0 amide bonds. The minimum atomic E-state index is -2.57. The Labute approximate surface area is 143 Å². The largest absolute Gasteiger partial charge is 0.501 e. The summed E-state index contributed by atoms with van der Waals surface area (Å²) in [5, 5.41) is 18.2. The van der Waals surface area contributed by atoms with Crippen molar-refractivity contribution in [2.45, 2.75) is 46.1 Å². The molecule has 0 saturated carbocycles. The maximum Gasteiger partial charge on any atom is 0.501 e. The molecule has 23 heavy (non-hydrogen) atoms. The predicted octanol–water partition coefficient (Wildman–Crippen LogP) is 1.64. The molecule has 140 valence electrons. The third-order valence-corrected chi connectivity index (χ3v) is 7.14. The van der Waals surface area contributed by atoms with Gasteiger partial charge in [-0.05, 0) is 20.8 Å². The van der Waals surface area contributed by atoms with Crippen LogP contribution in [0.25, 0.3) is 0 Å². The molecule has 7 heteroatoms. The average Bonchev–Trinajstić information content (AvgIpc) is 2.52. The number of hydrogen-bond acceptors (Lipinski definition) is 5. The first-order valence-electron chi connectivity index (χ1n) is 8.98. The van der Waals surface area contributed by atoms with Crippen LogP contribution >= 0.6 is 0 Å². The maximum atomic E-state index is 9.11. The van der Waals surface area contributed by atoms with E-state index in [0.29, 0.717) is 19.8 Å². The predicted molar refractivity (Wildman–Crippen MR) is 94.2 cm³/mol. The first-order valence-corrected chi connectivity index (χ1v) is 10.9. The number of quaternary nitrogens is 1. The Bertz CT molecular complexity index is 256. The fourth-order valence-electron chi connectivity index (χ4n) is 2.92. The number of rotatable bonds is 16. The molecule has 0 atom stereocenters. The SMILES string of the molecule is CCO[Si](CCC[N+](C)(CCCO)CCCO)(OCC)OCC. The zero-order valence-corrected chi connectivity index (χ0v) is 16.6. The van der Waals surface area contributed by atoms with Crippen LogP contribution in [-0.2, 0) is 13.3 Å². The first-order chi connectivity index (χ1) is 11.0. The highest BCUT2D eigenvalue weighted by Crippen LogP contribution is 2.20. The van der Waals surface area contributed by atoms with Gasteiger partial charge in [-0.25, -0.2) is 0 Å². The normalized spacial score (nSPS) is 12.8. The molecule has 0 aromatic rings. The lowest BCUT2D eigenvalue weighted by Crippen LogP contribution is -2.49. The van der Waals surface area contributed by atoms with Gasteiger partial charge >= 0.3 is 8.80 Å². The van der Waals surface area contributed by atoms with Gasteiger partial charge < -0.3 is 28.0 Å². The standard InChI is InChI=1S/C16H38NO5Si/c1-5-20-23(21-6-2,22-7-3)16-10-13-17(4,11-8-14-18)12-9-15-19/h18-19H,5-16H2,1-4H3/q+1. The van der Waals surface area contributed by atoms with Crippen molar-refractivity contribution in [3.63, 3.8) is 0 Å². The Morgan fingerprint density at radius 2 is 1.13 bits per heavy atom. The van der Waals surface area contributed by atoms with Crippen LogP contribution in [0.15, 0.2) is 0 Å². The molecule has 0 spiro atoms. The van der Waals surface area contributed by atoms with Gasteiger partial charge in [0.15, 0.2) is 0 Å². The molecular formula is C16H38NO5Si+. The molecular weight excluding hydrogens is 314 g/mol. The van der Waals surface area contributed by atoms with Gasteiger partial charge in [-0.3, -0.25) is 0 Å². The molecule has 0 radical (unpaired) electrons. The van der Waals surface area contributed by atoms with E-state index in [0.717, 1.165) is 49.4 Å². The van der Waals surface area contributed by atoms with Crippen molar-refractivity contribution in [1.29, 1.82) is 0 Å². The van der Waals surface area contributed by atoms with E-state index in [1.165, 1.54) is 0 Å². The molecule has 0 aliphatic heterocycles. The summed E-state index contributed by atoms with van der Waals surface area (Å²) in [6, 6.07) is 0.814. The van der Waals surface area contributed by atoms with Crippen molar-refractivity contribution in [2.75, 3.05) is 59.7 Å². The quantitative estimate of drug-likeness (QED) is 0.326. The minimum Gasteiger partial charge on any atom is -0.396 e.